The molecule has 0 aromatic rings. The fourth-order valence-electron chi connectivity index (χ4n) is 0.250. The van der Waals surface area contributed by atoms with E-state index < -0.39 is 0 Å². The summed E-state index contributed by atoms with van der Waals surface area (Å²) in [7, 11) is 0. The molecule has 0 unspecified atom stereocenters. The first kappa shape index (κ1) is 11.0. The van der Waals surface area contributed by atoms with Crippen LogP contribution in [0.15, 0.2) is 5.28 Å². The summed E-state index contributed by atoms with van der Waals surface area (Å²) in [5.74, 6) is 0. The molecule has 56 valence electrons. The van der Waals surface area contributed by atoms with Crippen molar-refractivity contribution < 1.29 is 10.5 Å². The molecule has 0 heterocycles. The molecule has 5 heteroatoms. The third kappa shape index (κ3) is 40.9. The summed E-state index contributed by atoms with van der Waals surface area (Å²) in [6.07, 6.45) is 0. The molecule has 0 rings (SSSR count). The van der Waals surface area contributed by atoms with Crippen LogP contribution in [0, 0.1) is 5.21 Å². The Morgan fingerprint density at radius 2 is 1.89 bits per heavy atom. The molecule has 9 heavy (non-hydrogen) atoms. The second kappa shape index (κ2) is 15.7. The standard InChI is InChI=1S/C4H11N.H2N2O2/c1-3-5-4-2;3-1-2-4/h5H,3-4H2,1-2H3;1H,(H-,2,3,4). The van der Waals surface area contributed by atoms with Gasteiger partial charge in [0.1, 0.15) is 0 Å². The first-order valence-electron chi connectivity index (χ1n) is 2.75. The average molecular weight is 135 g/mol. The largest absolute Gasteiger partial charge is 0.599 e. The van der Waals surface area contributed by atoms with Crippen LogP contribution in [0.5, 0.6) is 0 Å². The molecule has 0 aromatic heterocycles. The molecule has 0 aliphatic heterocycles. The lowest BCUT2D eigenvalue weighted by Gasteiger charge is -1.86. The highest BCUT2D eigenvalue weighted by molar-refractivity contribution is 4.27. The van der Waals surface area contributed by atoms with Crippen molar-refractivity contribution in [3.8, 4) is 0 Å². The van der Waals surface area contributed by atoms with Gasteiger partial charge in [0.25, 0.3) is 0 Å². The van der Waals surface area contributed by atoms with Crippen LogP contribution in [0.2, 0.25) is 0 Å². The predicted molar refractivity (Wildman–Crippen MR) is 32.8 cm³/mol. The maximum absolute atomic E-state index is 8.63. The minimum atomic E-state index is 0.861. The highest BCUT2D eigenvalue weighted by Gasteiger charge is 1.62. The normalized spacial score (nSPS) is 8.67. The Hall–Kier alpha value is -0.840. The van der Waals surface area contributed by atoms with Crippen LogP contribution in [0.25, 0.3) is 0 Å². The third-order valence-electron chi connectivity index (χ3n) is 0.541. The van der Waals surface area contributed by atoms with E-state index in [1.165, 1.54) is 0 Å². The zero-order valence-electron chi connectivity index (χ0n) is 5.72. The molecule has 5 nitrogen and oxygen atoms in total. The molecule has 0 aliphatic carbocycles. The van der Waals surface area contributed by atoms with Gasteiger partial charge in [-0.25, -0.2) is 0 Å². The molecule has 0 bridgehead atoms. The summed E-state index contributed by atoms with van der Waals surface area (Å²) in [5.41, 5.74) is 0. The number of nitrogens with one attached hydrogen (secondary N) is 2. The van der Waals surface area contributed by atoms with Crippen molar-refractivity contribution in [3.63, 3.8) is 0 Å². The molecular formula is C4H13N3O2. The third-order valence-corrected chi connectivity index (χ3v) is 0.541. The van der Waals surface area contributed by atoms with Gasteiger partial charge in [0.15, 0.2) is 5.28 Å². The molecule has 0 radical (unpaired) electrons. The average Bonchev–Trinajstić information content (AvgIpc) is 1.91. The molecule has 0 aromatic carbocycles. The molecule has 0 aliphatic rings. The van der Waals surface area contributed by atoms with E-state index >= 15 is 0 Å². The van der Waals surface area contributed by atoms with E-state index in [1.807, 2.05) is 5.28 Å². The fraction of sp³-hybridized carbons (Fsp3) is 1.00. The Balaban J connectivity index is 0. The van der Waals surface area contributed by atoms with E-state index in [0.29, 0.717) is 0 Å². The number of hydrogen-bond acceptors (Lipinski definition) is 3. The summed E-state index contributed by atoms with van der Waals surface area (Å²) in [6, 6.07) is 0. The van der Waals surface area contributed by atoms with E-state index in [0.717, 1.165) is 18.4 Å². The van der Waals surface area contributed by atoms with Gasteiger partial charge < -0.3 is 15.7 Å². The molecule has 3 N–H and O–H groups in total. The number of hydrogen-bond donors (Lipinski definition) is 3. The van der Waals surface area contributed by atoms with Gasteiger partial charge in [-0.15, -0.1) is 0 Å². The number of nitrogens with zero attached hydrogens (tertiary/aromatic N) is 1. The molecule has 0 amide bonds. The highest BCUT2D eigenvalue weighted by atomic mass is 16.5. The van der Waals surface area contributed by atoms with Gasteiger partial charge in [0.05, 0.1) is 0 Å². The molecule has 0 fully saturated rings. The van der Waals surface area contributed by atoms with E-state index in [1.54, 1.807) is 0 Å². The topological polar surface area (TPSA) is 81.6 Å². The van der Waals surface area contributed by atoms with Crippen molar-refractivity contribution in [1.82, 2.24) is 5.32 Å². The lowest BCUT2D eigenvalue weighted by atomic mass is 10.7. The first-order chi connectivity index (χ1) is 4.33. The van der Waals surface area contributed by atoms with E-state index in [4.69, 9.17) is 10.4 Å². The first-order valence-corrected chi connectivity index (χ1v) is 2.75. The fourth-order valence-corrected chi connectivity index (χ4v) is 0.250. The van der Waals surface area contributed by atoms with Gasteiger partial charge in [-0.1, -0.05) is 19.1 Å². The van der Waals surface area contributed by atoms with Crippen LogP contribution in [0.1, 0.15) is 13.8 Å². The van der Waals surface area contributed by atoms with Crippen molar-refractivity contribution >= 4 is 0 Å². The Bertz CT molecular complexity index is 51.8. The van der Waals surface area contributed by atoms with Gasteiger partial charge in [-0.2, -0.15) is 0 Å². The van der Waals surface area contributed by atoms with Crippen LogP contribution in [-0.2, 0) is 0 Å². The van der Waals surface area contributed by atoms with Gasteiger partial charge in [-0.05, 0) is 13.1 Å². The lowest BCUT2D eigenvalue weighted by Crippen LogP contribution is -2.55. The zero-order chi connectivity index (χ0) is 7.54. The minimum Gasteiger partial charge on any atom is -0.599 e. The molecule has 0 atom stereocenters. The van der Waals surface area contributed by atoms with Crippen molar-refractivity contribution in [3.05, 3.63) is 5.21 Å². The Labute approximate surface area is 54.3 Å². The van der Waals surface area contributed by atoms with Crippen molar-refractivity contribution in [2.45, 2.75) is 13.8 Å². The monoisotopic (exact) mass is 135 g/mol. The zero-order valence-corrected chi connectivity index (χ0v) is 5.72. The molecular weight excluding hydrogens is 122 g/mol. The van der Waals surface area contributed by atoms with Crippen LogP contribution in [0.3, 0.4) is 0 Å². The maximum atomic E-state index is 8.63. The van der Waals surface area contributed by atoms with Gasteiger partial charge in [-0.3, -0.25) is 0 Å². The Morgan fingerprint density at radius 1 is 1.56 bits per heavy atom. The summed E-state index contributed by atoms with van der Waals surface area (Å²) < 4.78 is 0. The second-order valence-electron chi connectivity index (χ2n) is 1.15. The Morgan fingerprint density at radius 3 is 1.89 bits per heavy atom. The van der Waals surface area contributed by atoms with Crippen LogP contribution in [0.4, 0.5) is 0 Å². The summed E-state index contributed by atoms with van der Waals surface area (Å²) in [5, 5.41) is 21.6. The molecule has 0 saturated carbocycles. The predicted octanol–water partition coefficient (Wildman–Crippen LogP) is -0.978. The highest BCUT2D eigenvalue weighted by Crippen LogP contribution is 1.47. The summed E-state index contributed by atoms with van der Waals surface area (Å²) >= 11 is 0. The summed E-state index contributed by atoms with van der Waals surface area (Å²) in [6.45, 7) is 6.39. The Kier molecular flexibility index (Phi) is 19.2. The minimum absolute atomic E-state index is 0.861. The van der Waals surface area contributed by atoms with Gasteiger partial charge in [0, 0.05) is 0 Å². The quantitative estimate of drug-likeness (QED) is 0.336. The molecule has 0 saturated heterocycles. The van der Waals surface area contributed by atoms with Crippen molar-refractivity contribution in [2.24, 2.45) is 5.28 Å². The lowest BCUT2D eigenvalue weighted by molar-refractivity contribution is -0.490. The second-order valence-corrected chi connectivity index (χ2v) is 1.15. The number of rotatable bonds is 2. The van der Waals surface area contributed by atoms with Gasteiger partial charge in [0.2, 0.25) is 0 Å². The van der Waals surface area contributed by atoms with Crippen LogP contribution >= 0.6 is 0 Å². The van der Waals surface area contributed by atoms with Gasteiger partial charge >= 0.3 is 0 Å². The van der Waals surface area contributed by atoms with Crippen LogP contribution in [-0.4, -0.2) is 18.3 Å². The van der Waals surface area contributed by atoms with E-state index in [-0.39, 0.29) is 0 Å². The van der Waals surface area contributed by atoms with Crippen molar-refractivity contribution in [2.75, 3.05) is 13.1 Å². The molecule has 0 spiro atoms. The van der Waals surface area contributed by atoms with Crippen molar-refractivity contribution in [1.29, 1.82) is 0 Å². The summed E-state index contributed by atoms with van der Waals surface area (Å²) in [4.78, 5) is 0. The smallest absolute Gasteiger partial charge is 0.195 e. The van der Waals surface area contributed by atoms with E-state index in [2.05, 4.69) is 19.2 Å². The van der Waals surface area contributed by atoms with E-state index in [9.17, 15) is 0 Å². The van der Waals surface area contributed by atoms with Crippen LogP contribution < -0.4 is 10.6 Å². The maximum Gasteiger partial charge on any atom is 0.195 e. The SMILES string of the molecule is CCNCC.[O-][NH+]=NO.